The van der Waals surface area contributed by atoms with Gasteiger partial charge in [-0.05, 0) is 12.1 Å². The Balaban J connectivity index is 3.61. The highest BCUT2D eigenvalue weighted by Gasteiger charge is 2.27. The van der Waals surface area contributed by atoms with Crippen LogP contribution in [-0.2, 0) is 0 Å². The fourth-order valence-corrected chi connectivity index (χ4v) is 1.50. The maximum Gasteiger partial charge on any atom is 0.316 e. The van der Waals surface area contributed by atoms with E-state index >= 15 is 0 Å². The third kappa shape index (κ3) is 2.13. The molecule has 0 bridgehead atoms. The molecule has 0 atom stereocenters. The summed E-state index contributed by atoms with van der Waals surface area (Å²) in [6.07, 6.45) is 0.280. The summed E-state index contributed by atoms with van der Waals surface area (Å²) in [5.41, 5.74) is -1.66. The predicted octanol–water partition coefficient (Wildman–Crippen LogP) is 2.12. The monoisotopic (exact) mass is 289 g/mol. The van der Waals surface area contributed by atoms with Crippen molar-refractivity contribution in [2.24, 2.45) is 0 Å². The summed E-state index contributed by atoms with van der Waals surface area (Å²) < 4.78 is 13.2. The maximum absolute atomic E-state index is 13.2. The number of rotatable bonds is 4. The number of alkyl halides is 1. The highest BCUT2D eigenvalue weighted by molar-refractivity contribution is 9.09. The number of nitro groups is 1. The van der Waals surface area contributed by atoms with Crippen molar-refractivity contribution in [3.63, 3.8) is 0 Å². The lowest BCUT2D eigenvalue weighted by molar-refractivity contribution is -0.387. The van der Waals surface area contributed by atoms with E-state index in [4.69, 9.17) is 0 Å². The highest BCUT2D eigenvalue weighted by Crippen LogP contribution is 2.26. The first-order chi connectivity index (χ1) is 7.52. The number of halogens is 2. The number of Topliss-reactive ketones (excluding diaryl/α,β-unsaturated/α-hetero) is 1. The number of hydrogen-bond donors (Lipinski definition) is 0. The van der Waals surface area contributed by atoms with Crippen LogP contribution in [0.2, 0.25) is 0 Å². The molecule has 1 aromatic carbocycles. The average molecular weight is 290 g/mol. The van der Waals surface area contributed by atoms with Gasteiger partial charge in [0.1, 0.15) is 5.56 Å². The van der Waals surface area contributed by atoms with E-state index in [0.717, 1.165) is 12.1 Å². The van der Waals surface area contributed by atoms with Gasteiger partial charge in [0.2, 0.25) is 5.82 Å². The SMILES string of the molecule is O=Cc1ccc(F)c([N+](=O)[O-])c1C(=O)CBr. The number of nitrogens with zero attached hydrogens (tertiary/aromatic N) is 1. The van der Waals surface area contributed by atoms with Gasteiger partial charge >= 0.3 is 5.69 Å². The minimum atomic E-state index is -1.14. The molecule has 84 valence electrons. The minimum absolute atomic E-state index is 0.197. The van der Waals surface area contributed by atoms with Crippen molar-refractivity contribution >= 4 is 33.7 Å². The van der Waals surface area contributed by atoms with Crippen LogP contribution in [0.1, 0.15) is 20.7 Å². The molecule has 0 amide bonds. The molecule has 5 nitrogen and oxygen atoms in total. The van der Waals surface area contributed by atoms with E-state index in [1.807, 2.05) is 0 Å². The number of carbonyl (C=O) groups excluding carboxylic acids is 2. The lowest BCUT2D eigenvalue weighted by atomic mass is 10.0. The number of nitro benzene ring substituents is 1. The summed E-state index contributed by atoms with van der Waals surface area (Å²) in [6, 6.07) is 1.82. The van der Waals surface area contributed by atoms with Crippen LogP contribution >= 0.6 is 15.9 Å². The van der Waals surface area contributed by atoms with E-state index in [1.54, 1.807) is 0 Å². The Morgan fingerprint density at radius 1 is 1.56 bits per heavy atom. The molecular weight excluding hydrogens is 285 g/mol. The molecule has 0 aliphatic carbocycles. The van der Waals surface area contributed by atoms with Crippen LogP contribution in [0.4, 0.5) is 10.1 Å². The molecule has 0 radical (unpaired) electrons. The van der Waals surface area contributed by atoms with Gasteiger partial charge in [-0.3, -0.25) is 19.7 Å². The van der Waals surface area contributed by atoms with Crippen molar-refractivity contribution in [3.05, 3.63) is 39.2 Å². The maximum atomic E-state index is 13.2. The first-order valence-electron chi connectivity index (χ1n) is 4.04. The molecule has 0 heterocycles. The molecule has 0 N–H and O–H groups in total. The Labute approximate surface area is 97.5 Å². The van der Waals surface area contributed by atoms with Crippen molar-refractivity contribution in [1.29, 1.82) is 0 Å². The van der Waals surface area contributed by atoms with Gasteiger partial charge in [-0.1, -0.05) is 15.9 Å². The van der Waals surface area contributed by atoms with Crippen molar-refractivity contribution < 1.29 is 18.9 Å². The zero-order chi connectivity index (χ0) is 12.3. The fourth-order valence-electron chi connectivity index (χ4n) is 1.22. The van der Waals surface area contributed by atoms with Crippen LogP contribution in [0.5, 0.6) is 0 Å². The zero-order valence-corrected chi connectivity index (χ0v) is 9.36. The lowest BCUT2D eigenvalue weighted by Gasteiger charge is -2.03. The number of carbonyl (C=O) groups is 2. The summed E-state index contributed by atoms with van der Waals surface area (Å²) in [6.45, 7) is 0. The zero-order valence-electron chi connectivity index (χ0n) is 7.78. The van der Waals surface area contributed by atoms with E-state index in [1.165, 1.54) is 0 Å². The number of benzene rings is 1. The van der Waals surface area contributed by atoms with Crippen LogP contribution in [-0.4, -0.2) is 22.3 Å². The van der Waals surface area contributed by atoms with Crippen LogP contribution in [0.25, 0.3) is 0 Å². The largest absolute Gasteiger partial charge is 0.316 e. The molecule has 0 aliphatic rings. The third-order valence-corrected chi connectivity index (χ3v) is 2.38. The van der Waals surface area contributed by atoms with Crippen LogP contribution in [0.15, 0.2) is 12.1 Å². The van der Waals surface area contributed by atoms with Crippen molar-refractivity contribution in [2.75, 3.05) is 5.33 Å². The highest BCUT2D eigenvalue weighted by atomic mass is 79.9. The second-order valence-electron chi connectivity index (χ2n) is 2.79. The standard InChI is InChI=1S/C9H5BrFNO4/c10-3-7(14)8-5(4-13)1-2-6(11)9(8)12(15)16/h1-2,4H,3H2. The van der Waals surface area contributed by atoms with Gasteiger partial charge in [0.15, 0.2) is 12.1 Å². The Hall–Kier alpha value is -1.63. The average Bonchev–Trinajstić information content (AvgIpc) is 2.27. The molecule has 16 heavy (non-hydrogen) atoms. The number of hydrogen-bond acceptors (Lipinski definition) is 4. The summed E-state index contributed by atoms with van der Waals surface area (Å²) >= 11 is 2.81. The van der Waals surface area contributed by atoms with Crippen molar-refractivity contribution in [1.82, 2.24) is 0 Å². The molecule has 0 spiro atoms. The molecule has 7 heteroatoms. The fraction of sp³-hybridized carbons (Fsp3) is 0.111. The molecule has 1 rings (SSSR count). The van der Waals surface area contributed by atoms with E-state index in [-0.39, 0.29) is 17.2 Å². The van der Waals surface area contributed by atoms with E-state index in [0.29, 0.717) is 0 Å². The molecular formula is C9H5BrFNO4. The Morgan fingerprint density at radius 2 is 2.19 bits per heavy atom. The van der Waals surface area contributed by atoms with Gasteiger partial charge in [-0.2, -0.15) is 4.39 Å². The van der Waals surface area contributed by atoms with Gasteiger partial charge < -0.3 is 0 Å². The first-order valence-corrected chi connectivity index (χ1v) is 5.16. The van der Waals surface area contributed by atoms with Crippen LogP contribution in [0, 0.1) is 15.9 Å². The van der Waals surface area contributed by atoms with Gasteiger partial charge in [0.05, 0.1) is 10.3 Å². The molecule has 0 aromatic heterocycles. The number of ketones is 1. The van der Waals surface area contributed by atoms with Gasteiger partial charge in [-0.25, -0.2) is 0 Å². The van der Waals surface area contributed by atoms with E-state index in [2.05, 4.69) is 15.9 Å². The van der Waals surface area contributed by atoms with Gasteiger partial charge in [-0.15, -0.1) is 0 Å². The Kier molecular flexibility index (Phi) is 3.83. The summed E-state index contributed by atoms with van der Waals surface area (Å²) in [4.78, 5) is 31.6. The van der Waals surface area contributed by atoms with E-state index in [9.17, 15) is 24.1 Å². The molecule has 0 fully saturated rings. The molecule has 0 saturated carbocycles. The van der Waals surface area contributed by atoms with Crippen LogP contribution < -0.4 is 0 Å². The molecule has 1 aromatic rings. The van der Waals surface area contributed by atoms with Gasteiger partial charge in [0, 0.05) is 5.56 Å². The predicted molar refractivity (Wildman–Crippen MR) is 56.6 cm³/mol. The Morgan fingerprint density at radius 3 is 2.62 bits per heavy atom. The second-order valence-corrected chi connectivity index (χ2v) is 3.35. The van der Waals surface area contributed by atoms with E-state index < -0.39 is 27.8 Å². The molecule has 0 aliphatic heterocycles. The lowest BCUT2D eigenvalue weighted by Crippen LogP contribution is -2.10. The van der Waals surface area contributed by atoms with Crippen LogP contribution in [0.3, 0.4) is 0 Å². The van der Waals surface area contributed by atoms with Gasteiger partial charge in [0.25, 0.3) is 0 Å². The second kappa shape index (κ2) is 4.93. The smallest absolute Gasteiger partial charge is 0.298 e. The number of aldehydes is 1. The normalized spacial score (nSPS) is 9.88. The quantitative estimate of drug-likeness (QED) is 0.280. The van der Waals surface area contributed by atoms with Crippen molar-refractivity contribution in [3.8, 4) is 0 Å². The summed E-state index contributed by atoms with van der Waals surface area (Å²) in [5.74, 6) is -1.85. The summed E-state index contributed by atoms with van der Waals surface area (Å²) in [7, 11) is 0. The van der Waals surface area contributed by atoms with Crippen molar-refractivity contribution in [2.45, 2.75) is 0 Å². The topological polar surface area (TPSA) is 77.3 Å². The Bertz CT molecular complexity index is 475. The third-order valence-electron chi connectivity index (χ3n) is 1.87. The molecule has 0 saturated heterocycles. The first kappa shape index (κ1) is 12.4. The molecule has 0 unspecified atom stereocenters. The minimum Gasteiger partial charge on any atom is -0.298 e. The summed E-state index contributed by atoms with van der Waals surface area (Å²) in [5, 5.41) is 10.4.